The van der Waals surface area contributed by atoms with E-state index in [0.717, 1.165) is 36.5 Å². The van der Waals surface area contributed by atoms with Crippen LogP contribution < -0.4 is 10.1 Å². The van der Waals surface area contributed by atoms with Crippen LogP contribution in [0.3, 0.4) is 0 Å². The quantitative estimate of drug-likeness (QED) is 0.497. The molecule has 0 unspecified atom stereocenters. The van der Waals surface area contributed by atoms with Gasteiger partial charge in [0.2, 0.25) is 0 Å². The Hall–Kier alpha value is -3.21. The van der Waals surface area contributed by atoms with E-state index in [9.17, 15) is 4.79 Å². The van der Waals surface area contributed by atoms with Crippen LogP contribution in [0.1, 0.15) is 36.6 Å². The fourth-order valence-corrected chi connectivity index (χ4v) is 3.42. The molecule has 0 saturated heterocycles. The lowest BCUT2D eigenvalue weighted by Crippen LogP contribution is -2.36. The van der Waals surface area contributed by atoms with E-state index in [1.807, 2.05) is 35.2 Å². The summed E-state index contributed by atoms with van der Waals surface area (Å²) in [4.78, 5) is 14.9. The Morgan fingerprint density at radius 1 is 1.10 bits per heavy atom. The summed E-state index contributed by atoms with van der Waals surface area (Å²) in [5.74, 6) is 0.722. The van der Waals surface area contributed by atoms with Gasteiger partial charge in [0.25, 0.3) is 0 Å². The number of urea groups is 1. The minimum atomic E-state index is -0.0969. The minimum absolute atomic E-state index is 0.0969. The second kappa shape index (κ2) is 10.5. The summed E-state index contributed by atoms with van der Waals surface area (Å²) in [6, 6.07) is 19.9. The Labute approximate surface area is 179 Å². The molecular formula is C25H31N3O2. The highest BCUT2D eigenvalue weighted by Gasteiger charge is 2.16. The van der Waals surface area contributed by atoms with E-state index in [1.54, 1.807) is 7.11 Å². The van der Waals surface area contributed by atoms with E-state index in [4.69, 9.17) is 4.74 Å². The van der Waals surface area contributed by atoms with Gasteiger partial charge in [-0.1, -0.05) is 43.7 Å². The molecule has 0 radical (unpaired) electrons. The highest BCUT2D eigenvalue weighted by molar-refractivity contribution is 5.89. The van der Waals surface area contributed by atoms with Gasteiger partial charge in [-0.25, -0.2) is 4.79 Å². The van der Waals surface area contributed by atoms with Crippen molar-refractivity contribution in [1.82, 2.24) is 9.47 Å². The average Bonchev–Trinajstić information content (AvgIpc) is 3.19. The monoisotopic (exact) mass is 405 g/mol. The van der Waals surface area contributed by atoms with Crippen LogP contribution in [0, 0.1) is 6.92 Å². The number of hydrogen-bond donors (Lipinski definition) is 1. The van der Waals surface area contributed by atoms with Crippen molar-refractivity contribution in [3.8, 4) is 5.75 Å². The smallest absolute Gasteiger partial charge is 0.322 e. The number of aromatic nitrogens is 1. The predicted octanol–water partition coefficient (Wildman–Crippen LogP) is 5.69. The molecule has 0 aliphatic rings. The molecule has 0 saturated carbocycles. The molecule has 3 rings (SSSR count). The molecular weight excluding hydrogens is 374 g/mol. The molecule has 5 nitrogen and oxygen atoms in total. The van der Waals surface area contributed by atoms with Crippen molar-refractivity contribution in [2.24, 2.45) is 0 Å². The summed E-state index contributed by atoms with van der Waals surface area (Å²) in [7, 11) is 1.62. The molecule has 1 N–H and O–H groups in total. The third-order valence-corrected chi connectivity index (χ3v) is 5.27. The van der Waals surface area contributed by atoms with Crippen molar-refractivity contribution in [2.75, 3.05) is 19.0 Å². The van der Waals surface area contributed by atoms with E-state index in [0.29, 0.717) is 13.1 Å². The number of hydrogen-bond acceptors (Lipinski definition) is 2. The van der Waals surface area contributed by atoms with E-state index in [1.165, 1.54) is 11.1 Å². The van der Waals surface area contributed by atoms with Gasteiger partial charge >= 0.3 is 6.03 Å². The number of benzene rings is 2. The maximum Gasteiger partial charge on any atom is 0.322 e. The molecule has 0 aliphatic carbocycles. The van der Waals surface area contributed by atoms with Gasteiger partial charge in [0.15, 0.2) is 0 Å². The molecule has 0 fully saturated rings. The van der Waals surface area contributed by atoms with Crippen LogP contribution in [-0.4, -0.2) is 29.2 Å². The van der Waals surface area contributed by atoms with Crippen molar-refractivity contribution in [2.45, 2.75) is 39.8 Å². The van der Waals surface area contributed by atoms with Gasteiger partial charge in [-0.15, -0.1) is 0 Å². The number of carbonyl (C=O) groups is 1. The minimum Gasteiger partial charge on any atom is -0.497 e. The first-order valence-electron chi connectivity index (χ1n) is 10.5. The second-order valence-corrected chi connectivity index (χ2v) is 7.49. The predicted molar refractivity (Wildman–Crippen MR) is 122 cm³/mol. The van der Waals surface area contributed by atoms with E-state index < -0.39 is 0 Å². The Kier molecular flexibility index (Phi) is 7.55. The van der Waals surface area contributed by atoms with Gasteiger partial charge in [-0.05, 0) is 48.7 Å². The number of anilines is 1. The highest BCUT2D eigenvalue weighted by Crippen LogP contribution is 2.18. The summed E-state index contributed by atoms with van der Waals surface area (Å²) in [5.41, 5.74) is 4.41. The molecule has 158 valence electrons. The number of unbranched alkanes of at least 4 members (excludes halogenated alkanes) is 1. The van der Waals surface area contributed by atoms with E-state index in [-0.39, 0.29) is 6.03 Å². The molecule has 0 aliphatic heterocycles. The van der Waals surface area contributed by atoms with Crippen LogP contribution in [0.4, 0.5) is 10.5 Å². The number of nitrogens with zero attached hydrogens (tertiary/aromatic N) is 2. The molecule has 3 aromatic rings. The number of aryl methyl sites for hydroxylation is 1. The second-order valence-electron chi connectivity index (χ2n) is 7.49. The summed E-state index contributed by atoms with van der Waals surface area (Å²) in [6.07, 6.45) is 4.08. The Morgan fingerprint density at radius 3 is 2.70 bits per heavy atom. The van der Waals surface area contributed by atoms with Crippen LogP contribution in [0.2, 0.25) is 0 Å². The molecule has 1 heterocycles. The Morgan fingerprint density at radius 2 is 1.93 bits per heavy atom. The van der Waals surface area contributed by atoms with Crippen molar-refractivity contribution in [3.63, 3.8) is 0 Å². The average molecular weight is 406 g/mol. The van der Waals surface area contributed by atoms with Crippen molar-refractivity contribution in [3.05, 3.63) is 83.7 Å². The van der Waals surface area contributed by atoms with Crippen molar-refractivity contribution < 1.29 is 9.53 Å². The first-order chi connectivity index (χ1) is 14.6. The summed E-state index contributed by atoms with van der Waals surface area (Å²) < 4.78 is 7.48. The van der Waals surface area contributed by atoms with Gasteiger partial charge < -0.3 is 19.5 Å². The fraction of sp³-hybridized carbons (Fsp3) is 0.320. The molecule has 2 amide bonds. The molecule has 2 aromatic carbocycles. The first kappa shape index (κ1) is 21.5. The third kappa shape index (κ3) is 5.66. The van der Waals surface area contributed by atoms with Crippen LogP contribution in [0.25, 0.3) is 0 Å². The lowest BCUT2D eigenvalue weighted by Gasteiger charge is -2.24. The lowest BCUT2D eigenvalue weighted by atomic mass is 10.1. The van der Waals surface area contributed by atoms with Gasteiger partial charge in [0.1, 0.15) is 5.75 Å². The Bertz CT molecular complexity index is 964. The number of carbonyl (C=O) groups excluding carboxylic acids is 1. The fourth-order valence-electron chi connectivity index (χ4n) is 3.42. The normalized spacial score (nSPS) is 10.6. The zero-order valence-electron chi connectivity index (χ0n) is 18.1. The number of nitrogens with one attached hydrogen (secondary N) is 1. The topological polar surface area (TPSA) is 46.5 Å². The molecule has 5 heteroatoms. The van der Waals surface area contributed by atoms with Crippen LogP contribution >= 0.6 is 0 Å². The number of methoxy groups -OCH3 is 1. The standard InChI is InChI=1S/C25H31N3O2/c1-4-5-15-28(25(29)26-22-12-8-14-24(17-22)30-3)19-23-13-9-16-27(23)18-21-11-7-6-10-20(21)2/h6-14,16-17H,4-5,15,18-19H2,1-3H3,(H,26,29). The van der Waals surface area contributed by atoms with Gasteiger partial charge in [-0.3, -0.25) is 0 Å². The molecule has 0 atom stereocenters. The summed E-state index contributed by atoms with van der Waals surface area (Å²) in [5, 5.41) is 3.01. The van der Waals surface area contributed by atoms with Crippen LogP contribution in [-0.2, 0) is 13.1 Å². The van der Waals surface area contributed by atoms with Crippen LogP contribution in [0.5, 0.6) is 5.75 Å². The molecule has 0 spiro atoms. The lowest BCUT2D eigenvalue weighted by molar-refractivity contribution is 0.207. The maximum atomic E-state index is 13.0. The van der Waals surface area contributed by atoms with Crippen molar-refractivity contribution >= 4 is 11.7 Å². The molecule has 30 heavy (non-hydrogen) atoms. The third-order valence-electron chi connectivity index (χ3n) is 5.27. The van der Waals surface area contributed by atoms with Gasteiger partial charge in [-0.2, -0.15) is 0 Å². The number of amides is 2. The van der Waals surface area contributed by atoms with E-state index >= 15 is 0 Å². The zero-order chi connectivity index (χ0) is 21.3. The maximum absolute atomic E-state index is 13.0. The number of ether oxygens (including phenoxy) is 1. The van der Waals surface area contributed by atoms with Crippen molar-refractivity contribution in [1.29, 1.82) is 0 Å². The molecule has 1 aromatic heterocycles. The number of rotatable bonds is 9. The summed E-state index contributed by atoms with van der Waals surface area (Å²) >= 11 is 0. The Balaban J connectivity index is 1.74. The summed E-state index contributed by atoms with van der Waals surface area (Å²) in [6.45, 7) is 6.34. The largest absolute Gasteiger partial charge is 0.497 e. The highest BCUT2D eigenvalue weighted by atomic mass is 16.5. The van der Waals surface area contributed by atoms with E-state index in [2.05, 4.69) is 60.3 Å². The zero-order valence-corrected chi connectivity index (χ0v) is 18.1. The van der Waals surface area contributed by atoms with Gasteiger partial charge in [0.05, 0.1) is 13.7 Å². The SMILES string of the molecule is CCCCN(Cc1cccn1Cc1ccccc1C)C(=O)Nc1cccc(OC)c1. The molecule has 0 bridgehead atoms. The van der Waals surface area contributed by atoms with Crippen LogP contribution in [0.15, 0.2) is 66.9 Å². The van der Waals surface area contributed by atoms with Gasteiger partial charge in [0, 0.05) is 36.7 Å². The first-order valence-corrected chi connectivity index (χ1v) is 10.5.